The zero-order valence-electron chi connectivity index (χ0n) is 26.9. The number of carbonyl (C=O) groups excluding carboxylic acids is 1. The fraction of sp³-hybridized carbons (Fsp3) is 0.382. The van der Waals surface area contributed by atoms with Crippen LogP contribution >= 0.6 is 0 Å². The monoisotopic (exact) mass is 679 g/mol. The normalized spacial score (nSPS) is 18.0. The van der Waals surface area contributed by atoms with Crippen molar-refractivity contribution in [3.8, 4) is 22.7 Å². The van der Waals surface area contributed by atoms with E-state index in [0.29, 0.717) is 67.1 Å². The Morgan fingerprint density at radius 2 is 1.80 bits per heavy atom. The van der Waals surface area contributed by atoms with Gasteiger partial charge in [-0.25, -0.2) is 9.48 Å². The molecule has 2 aliphatic rings. The second-order valence-corrected chi connectivity index (χ2v) is 12.4. The van der Waals surface area contributed by atoms with Crippen LogP contribution < -0.4 is 20.7 Å². The number of nitrogens with two attached hydrogens (primary N) is 1. The number of nitrogens with one attached hydrogen (secondary N) is 1. The van der Waals surface area contributed by atoms with Gasteiger partial charge in [0.25, 0.3) is 0 Å². The van der Waals surface area contributed by atoms with Crippen LogP contribution in [0.25, 0.3) is 16.8 Å². The molecule has 12 nitrogen and oxygen atoms in total. The molecule has 1 spiro atoms. The second kappa shape index (κ2) is 13.4. The number of ether oxygens (including phenoxy) is 2. The van der Waals surface area contributed by atoms with Gasteiger partial charge in [0.1, 0.15) is 11.9 Å². The number of hydrogen-bond acceptors (Lipinski definition) is 10. The molecule has 0 saturated carbocycles. The average Bonchev–Trinajstić information content (AvgIpc) is 3.70. The van der Waals surface area contributed by atoms with Crippen molar-refractivity contribution in [3.05, 3.63) is 77.6 Å². The highest BCUT2D eigenvalue weighted by molar-refractivity contribution is 5.90. The van der Waals surface area contributed by atoms with Crippen molar-refractivity contribution in [2.45, 2.75) is 51.4 Å². The van der Waals surface area contributed by atoms with Crippen LogP contribution in [0.3, 0.4) is 0 Å². The fourth-order valence-electron chi connectivity index (χ4n) is 6.47. The quantitative estimate of drug-likeness (QED) is 0.202. The molecule has 2 saturated heterocycles. The number of nitrogens with zero attached hydrogens (tertiary/aromatic N) is 5. The number of alkyl halides is 3. The van der Waals surface area contributed by atoms with E-state index in [1.54, 1.807) is 62.5 Å². The number of aliphatic carboxylic acids is 1. The number of nitrogen functional groups attached to an aromatic ring is 1. The Bertz CT molecular complexity index is 1840. The number of halogens is 3. The molecule has 6 rings (SSSR count). The Morgan fingerprint density at radius 3 is 2.41 bits per heavy atom. The number of esters is 1. The molecule has 49 heavy (non-hydrogen) atoms. The Hall–Kier alpha value is -5.18. The van der Waals surface area contributed by atoms with E-state index in [4.69, 9.17) is 15.2 Å². The molecular formula is C34H36F3N7O5. The van der Waals surface area contributed by atoms with Crippen molar-refractivity contribution < 1.29 is 37.3 Å². The lowest BCUT2D eigenvalue weighted by atomic mass is 9.76. The highest BCUT2D eigenvalue weighted by Gasteiger charge is 2.46. The molecular weight excluding hydrogens is 643 g/mol. The van der Waals surface area contributed by atoms with Crippen molar-refractivity contribution in [1.82, 2.24) is 25.1 Å². The number of carbonyl (C=O) groups is 2. The molecule has 0 bridgehead atoms. The first-order chi connectivity index (χ1) is 23.3. The third-order valence-electron chi connectivity index (χ3n) is 9.06. The maximum Gasteiger partial charge on any atom is 0.429 e. The standard InChI is InChI=1S/C34H36F3N7O5/c1-3-48-31(47)22-6-4-21(5-7-22)23-8-9-24(26(16-23)44-13-10-20(2)42-44)29(34(35,36)37)49-28-17-27(40-32(38)41-28)43-14-11-33(12-15-43)18-25(30(45)46)39-19-33/h4-10,13,16-17,25,29,39H,3,11-12,14-15,18-19H2,1-2H3,(H,45,46)(H2,38,40,41). The van der Waals surface area contributed by atoms with Crippen LogP contribution in [0.4, 0.5) is 24.9 Å². The largest absolute Gasteiger partial charge is 0.480 e. The van der Waals surface area contributed by atoms with Crippen LogP contribution in [0.1, 0.15) is 53.9 Å². The molecule has 4 heterocycles. The number of carboxylic acid groups (broad SMARTS) is 1. The number of benzene rings is 2. The molecule has 2 fully saturated rings. The minimum atomic E-state index is -4.87. The number of anilines is 2. The second-order valence-electron chi connectivity index (χ2n) is 12.4. The number of rotatable bonds is 9. The van der Waals surface area contributed by atoms with Crippen LogP contribution in [-0.2, 0) is 9.53 Å². The molecule has 0 amide bonds. The lowest BCUT2D eigenvalue weighted by molar-refractivity contribution is -0.198. The summed E-state index contributed by atoms with van der Waals surface area (Å²) in [6.45, 7) is 5.28. The zero-order chi connectivity index (χ0) is 34.9. The van der Waals surface area contributed by atoms with Gasteiger partial charge in [0.05, 0.1) is 23.6 Å². The van der Waals surface area contributed by atoms with E-state index in [-0.39, 0.29) is 35.1 Å². The first-order valence-corrected chi connectivity index (χ1v) is 15.9. The van der Waals surface area contributed by atoms with Gasteiger partial charge in [0.2, 0.25) is 17.9 Å². The van der Waals surface area contributed by atoms with Gasteiger partial charge in [0, 0.05) is 37.5 Å². The van der Waals surface area contributed by atoms with E-state index in [1.165, 1.54) is 16.8 Å². The van der Waals surface area contributed by atoms with Crippen LogP contribution in [0.5, 0.6) is 5.88 Å². The summed E-state index contributed by atoms with van der Waals surface area (Å²) >= 11 is 0. The molecule has 2 atom stereocenters. The topological polar surface area (TPSA) is 158 Å². The summed E-state index contributed by atoms with van der Waals surface area (Å²) in [4.78, 5) is 33.8. The summed E-state index contributed by atoms with van der Waals surface area (Å²) in [6, 6.07) is 13.5. The first kappa shape index (κ1) is 33.7. The summed E-state index contributed by atoms with van der Waals surface area (Å²) in [7, 11) is 0. The first-order valence-electron chi connectivity index (χ1n) is 15.9. The van der Waals surface area contributed by atoms with Crippen molar-refractivity contribution in [2.24, 2.45) is 5.41 Å². The molecule has 4 aromatic rings. The molecule has 0 aliphatic carbocycles. The number of piperidine rings is 1. The zero-order valence-corrected chi connectivity index (χ0v) is 26.9. The number of aromatic nitrogens is 4. The predicted octanol–water partition coefficient (Wildman–Crippen LogP) is 5.11. The molecule has 4 N–H and O–H groups in total. The Labute approximate surface area is 280 Å². The summed E-state index contributed by atoms with van der Waals surface area (Å²) < 4.78 is 56.7. The van der Waals surface area contributed by atoms with E-state index in [1.807, 2.05) is 4.90 Å². The number of hydrogen-bond donors (Lipinski definition) is 3. The minimum Gasteiger partial charge on any atom is -0.480 e. The summed E-state index contributed by atoms with van der Waals surface area (Å²) in [6.07, 6.45) is -3.87. The smallest absolute Gasteiger partial charge is 0.429 e. The highest BCUT2D eigenvalue weighted by atomic mass is 19.4. The van der Waals surface area contributed by atoms with Gasteiger partial charge in [-0.2, -0.15) is 28.2 Å². The molecule has 2 unspecified atom stereocenters. The third kappa shape index (κ3) is 7.31. The van der Waals surface area contributed by atoms with E-state index >= 15 is 0 Å². The summed E-state index contributed by atoms with van der Waals surface area (Å²) in [5.41, 5.74) is 7.95. The van der Waals surface area contributed by atoms with Crippen LogP contribution in [0.15, 0.2) is 60.8 Å². The maximum atomic E-state index is 14.9. The van der Waals surface area contributed by atoms with Crippen LogP contribution in [-0.4, -0.2) is 75.3 Å². The number of aryl methyl sites for hydroxylation is 1. The van der Waals surface area contributed by atoms with Gasteiger partial charge in [-0.05, 0) is 73.9 Å². The number of carboxylic acids is 1. The van der Waals surface area contributed by atoms with E-state index in [2.05, 4.69) is 20.4 Å². The Morgan fingerprint density at radius 1 is 1.08 bits per heavy atom. The Kier molecular flexibility index (Phi) is 9.20. The third-order valence-corrected chi connectivity index (χ3v) is 9.06. The Balaban J connectivity index is 1.29. The van der Waals surface area contributed by atoms with E-state index < -0.39 is 30.3 Å². The average molecular weight is 680 g/mol. The maximum absolute atomic E-state index is 14.9. The minimum absolute atomic E-state index is 0.135. The lowest BCUT2D eigenvalue weighted by Gasteiger charge is -2.39. The van der Waals surface area contributed by atoms with Crippen LogP contribution in [0, 0.1) is 12.3 Å². The van der Waals surface area contributed by atoms with E-state index in [0.717, 1.165) is 0 Å². The lowest BCUT2D eigenvalue weighted by Crippen LogP contribution is -2.41. The highest BCUT2D eigenvalue weighted by Crippen LogP contribution is 2.43. The van der Waals surface area contributed by atoms with Gasteiger partial charge in [-0.15, -0.1) is 0 Å². The van der Waals surface area contributed by atoms with E-state index in [9.17, 15) is 27.9 Å². The van der Waals surface area contributed by atoms with Gasteiger partial charge < -0.3 is 30.5 Å². The predicted molar refractivity (Wildman–Crippen MR) is 173 cm³/mol. The molecule has 2 aliphatic heterocycles. The summed E-state index contributed by atoms with van der Waals surface area (Å²) in [5.74, 6) is -1.62. The molecule has 2 aromatic carbocycles. The summed E-state index contributed by atoms with van der Waals surface area (Å²) in [5, 5.41) is 16.9. The van der Waals surface area contributed by atoms with Crippen molar-refractivity contribution in [1.29, 1.82) is 0 Å². The van der Waals surface area contributed by atoms with Gasteiger partial charge >= 0.3 is 18.1 Å². The van der Waals surface area contributed by atoms with Crippen molar-refractivity contribution >= 4 is 23.7 Å². The van der Waals surface area contributed by atoms with Gasteiger partial charge in [-0.3, -0.25) is 4.79 Å². The fourth-order valence-corrected chi connectivity index (χ4v) is 6.47. The van der Waals surface area contributed by atoms with Gasteiger partial charge in [-0.1, -0.05) is 24.3 Å². The van der Waals surface area contributed by atoms with Gasteiger partial charge in [0.15, 0.2) is 0 Å². The SMILES string of the molecule is CCOC(=O)c1ccc(-c2ccc(C(Oc3cc(N4CCC5(CC4)CNC(C(=O)O)C5)nc(N)n3)C(F)(F)F)c(-n3ccc(C)n3)c2)cc1. The molecule has 0 radical (unpaired) electrons. The molecule has 2 aromatic heterocycles. The van der Waals surface area contributed by atoms with Crippen molar-refractivity contribution in [3.63, 3.8) is 0 Å². The van der Waals surface area contributed by atoms with Crippen LogP contribution in [0.2, 0.25) is 0 Å². The van der Waals surface area contributed by atoms with Crippen molar-refractivity contribution in [2.75, 3.05) is 36.9 Å². The molecule has 15 heteroatoms. The molecule has 258 valence electrons.